The SMILES string of the molecule is Cc1cc(C(=O)NCCc2ccc(F)cc2)ncn1. The van der Waals surface area contributed by atoms with E-state index in [1.807, 2.05) is 0 Å². The number of benzene rings is 1. The molecule has 2 aromatic rings. The second-order valence-corrected chi connectivity index (χ2v) is 4.18. The summed E-state index contributed by atoms with van der Waals surface area (Å²) in [5.74, 6) is -0.489. The summed E-state index contributed by atoms with van der Waals surface area (Å²) in [5, 5.41) is 2.77. The Labute approximate surface area is 110 Å². The predicted octanol–water partition coefficient (Wildman–Crippen LogP) is 1.90. The molecule has 0 atom stereocenters. The van der Waals surface area contributed by atoms with Crippen LogP contribution >= 0.6 is 0 Å². The largest absolute Gasteiger partial charge is 0.350 e. The lowest BCUT2D eigenvalue weighted by Gasteiger charge is -2.05. The molecule has 0 bridgehead atoms. The molecule has 1 aromatic heterocycles. The molecule has 0 radical (unpaired) electrons. The van der Waals surface area contributed by atoms with Crippen molar-refractivity contribution in [3.05, 3.63) is 59.4 Å². The normalized spacial score (nSPS) is 10.2. The van der Waals surface area contributed by atoms with E-state index in [2.05, 4.69) is 15.3 Å². The third kappa shape index (κ3) is 3.84. The Morgan fingerprint density at radius 3 is 2.68 bits per heavy atom. The van der Waals surface area contributed by atoms with Gasteiger partial charge in [-0.1, -0.05) is 12.1 Å². The molecule has 1 amide bonds. The van der Waals surface area contributed by atoms with Crippen LogP contribution in [0.15, 0.2) is 36.7 Å². The Bertz CT molecular complexity index is 569. The molecular weight excluding hydrogens is 245 g/mol. The van der Waals surface area contributed by atoms with Gasteiger partial charge in [0.2, 0.25) is 0 Å². The summed E-state index contributed by atoms with van der Waals surface area (Å²) in [7, 11) is 0. The zero-order valence-corrected chi connectivity index (χ0v) is 10.6. The molecule has 0 aliphatic rings. The third-order valence-corrected chi connectivity index (χ3v) is 2.65. The van der Waals surface area contributed by atoms with Crippen LogP contribution in [0.3, 0.4) is 0 Å². The maximum atomic E-state index is 12.7. The van der Waals surface area contributed by atoms with Crippen LogP contribution in [0.5, 0.6) is 0 Å². The van der Waals surface area contributed by atoms with Crippen LogP contribution in [0.4, 0.5) is 4.39 Å². The lowest BCUT2D eigenvalue weighted by atomic mass is 10.1. The highest BCUT2D eigenvalue weighted by Crippen LogP contribution is 2.03. The fourth-order valence-electron chi connectivity index (χ4n) is 1.64. The standard InChI is InChI=1S/C14H14FN3O/c1-10-8-13(18-9-17-10)14(19)16-7-6-11-2-4-12(15)5-3-11/h2-5,8-9H,6-7H2,1H3,(H,16,19). The summed E-state index contributed by atoms with van der Waals surface area (Å²) in [6.45, 7) is 2.28. The summed E-state index contributed by atoms with van der Waals surface area (Å²) in [5.41, 5.74) is 2.07. The number of amides is 1. The Hall–Kier alpha value is -2.30. The van der Waals surface area contributed by atoms with Gasteiger partial charge in [0.05, 0.1) is 0 Å². The highest BCUT2D eigenvalue weighted by molar-refractivity contribution is 5.92. The molecule has 0 aliphatic heterocycles. The summed E-state index contributed by atoms with van der Waals surface area (Å²) >= 11 is 0. The fraction of sp³-hybridized carbons (Fsp3) is 0.214. The van der Waals surface area contributed by atoms with Gasteiger partial charge in [0, 0.05) is 12.2 Å². The molecule has 0 saturated heterocycles. The molecule has 0 saturated carbocycles. The Morgan fingerprint density at radius 2 is 2.00 bits per heavy atom. The van der Waals surface area contributed by atoms with Gasteiger partial charge in [0.1, 0.15) is 17.8 Å². The average Bonchev–Trinajstić information content (AvgIpc) is 2.41. The van der Waals surface area contributed by atoms with Gasteiger partial charge in [0.25, 0.3) is 5.91 Å². The second-order valence-electron chi connectivity index (χ2n) is 4.18. The van der Waals surface area contributed by atoms with Crippen molar-refractivity contribution in [1.29, 1.82) is 0 Å². The molecular formula is C14H14FN3O. The van der Waals surface area contributed by atoms with E-state index in [9.17, 15) is 9.18 Å². The Kier molecular flexibility index (Phi) is 4.18. The first-order chi connectivity index (χ1) is 9.15. The number of hydrogen-bond donors (Lipinski definition) is 1. The van der Waals surface area contributed by atoms with Gasteiger partial charge < -0.3 is 5.32 Å². The van der Waals surface area contributed by atoms with Gasteiger partial charge in [0.15, 0.2) is 0 Å². The number of nitrogens with zero attached hydrogens (tertiary/aromatic N) is 2. The highest BCUT2D eigenvalue weighted by Gasteiger charge is 2.06. The van der Waals surface area contributed by atoms with Crippen LogP contribution in [0.1, 0.15) is 21.7 Å². The van der Waals surface area contributed by atoms with Crippen molar-refractivity contribution in [1.82, 2.24) is 15.3 Å². The molecule has 1 aromatic carbocycles. The topological polar surface area (TPSA) is 54.9 Å². The van der Waals surface area contributed by atoms with E-state index in [0.717, 1.165) is 11.3 Å². The molecule has 5 heteroatoms. The molecule has 0 fully saturated rings. The summed E-state index contributed by atoms with van der Waals surface area (Å²) in [4.78, 5) is 19.6. The maximum Gasteiger partial charge on any atom is 0.270 e. The molecule has 19 heavy (non-hydrogen) atoms. The zero-order valence-electron chi connectivity index (χ0n) is 10.6. The summed E-state index contributed by atoms with van der Waals surface area (Å²) in [6.07, 6.45) is 2.01. The monoisotopic (exact) mass is 259 g/mol. The van der Waals surface area contributed by atoms with Crippen molar-refractivity contribution >= 4 is 5.91 Å². The number of carbonyl (C=O) groups excluding carboxylic acids is 1. The van der Waals surface area contributed by atoms with Crippen molar-refractivity contribution in [3.8, 4) is 0 Å². The van der Waals surface area contributed by atoms with E-state index in [1.54, 1.807) is 25.1 Å². The molecule has 98 valence electrons. The maximum absolute atomic E-state index is 12.7. The molecule has 4 nitrogen and oxygen atoms in total. The van der Waals surface area contributed by atoms with Gasteiger partial charge in [-0.05, 0) is 37.1 Å². The van der Waals surface area contributed by atoms with Crippen LogP contribution in [0.2, 0.25) is 0 Å². The van der Waals surface area contributed by atoms with Crippen LogP contribution in [0.25, 0.3) is 0 Å². The first-order valence-corrected chi connectivity index (χ1v) is 5.96. The van der Waals surface area contributed by atoms with Gasteiger partial charge in [-0.3, -0.25) is 4.79 Å². The van der Waals surface area contributed by atoms with Crippen LogP contribution in [-0.4, -0.2) is 22.4 Å². The lowest BCUT2D eigenvalue weighted by Crippen LogP contribution is -2.26. The predicted molar refractivity (Wildman–Crippen MR) is 69.2 cm³/mol. The van der Waals surface area contributed by atoms with Crippen LogP contribution < -0.4 is 5.32 Å². The van der Waals surface area contributed by atoms with E-state index < -0.39 is 0 Å². The first kappa shape index (κ1) is 13.1. The van der Waals surface area contributed by atoms with Crippen molar-refractivity contribution in [2.24, 2.45) is 0 Å². The van der Waals surface area contributed by atoms with E-state index in [0.29, 0.717) is 18.7 Å². The van der Waals surface area contributed by atoms with E-state index in [4.69, 9.17) is 0 Å². The van der Waals surface area contributed by atoms with Gasteiger partial charge in [-0.15, -0.1) is 0 Å². The minimum absolute atomic E-state index is 0.229. The van der Waals surface area contributed by atoms with E-state index in [1.165, 1.54) is 18.5 Å². The van der Waals surface area contributed by atoms with Crippen LogP contribution in [0, 0.1) is 12.7 Å². The lowest BCUT2D eigenvalue weighted by molar-refractivity contribution is 0.0949. The molecule has 1 N–H and O–H groups in total. The van der Waals surface area contributed by atoms with Gasteiger partial charge >= 0.3 is 0 Å². The van der Waals surface area contributed by atoms with E-state index in [-0.39, 0.29) is 11.7 Å². The number of halogens is 1. The van der Waals surface area contributed by atoms with Crippen molar-refractivity contribution in [2.45, 2.75) is 13.3 Å². The molecule has 0 unspecified atom stereocenters. The average molecular weight is 259 g/mol. The van der Waals surface area contributed by atoms with E-state index >= 15 is 0 Å². The summed E-state index contributed by atoms with van der Waals surface area (Å²) < 4.78 is 12.7. The fourth-order valence-corrected chi connectivity index (χ4v) is 1.64. The quantitative estimate of drug-likeness (QED) is 0.912. The number of aromatic nitrogens is 2. The van der Waals surface area contributed by atoms with Gasteiger partial charge in [-0.25, -0.2) is 14.4 Å². The molecule has 1 heterocycles. The molecule has 0 spiro atoms. The second kappa shape index (κ2) is 6.04. The number of aryl methyl sites for hydroxylation is 1. The van der Waals surface area contributed by atoms with Crippen LogP contribution in [-0.2, 0) is 6.42 Å². The number of nitrogens with one attached hydrogen (secondary N) is 1. The first-order valence-electron chi connectivity index (χ1n) is 5.96. The minimum atomic E-state index is -0.260. The smallest absolute Gasteiger partial charge is 0.270 e. The Morgan fingerprint density at radius 1 is 1.26 bits per heavy atom. The van der Waals surface area contributed by atoms with Crippen molar-refractivity contribution in [3.63, 3.8) is 0 Å². The summed E-state index contributed by atoms with van der Waals surface area (Å²) in [6, 6.07) is 7.86. The zero-order chi connectivity index (χ0) is 13.7. The van der Waals surface area contributed by atoms with Gasteiger partial charge in [-0.2, -0.15) is 0 Å². The number of carbonyl (C=O) groups is 1. The molecule has 2 rings (SSSR count). The van der Waals surface area contributed by atoms with Crippen molar-refractivity contribution < 1.29 is 9.18 Å². The van der Waals surface area contributed by atoms with Crippen molar-refractivity contribution in [2.75, 3.05) is 6.54 Å². The third-order valence-electron chi connectivity index (χ3n) is 2.65. The highest BCUT2D eigenvalue weighted by atomic mass is 19.1. The number of hydrogen-bond acceptors (Lipinski definition) is 3. The number of rotatable bonds is 4. The Balaban J connectivity index is 1.86. The minimum Gasteiger partial charge on any atom is -0.350 e. The molecule has 0 aliphatic carbocycles.